The summed E-state index contributed by atoms with van der Waals surface area (Å²) in [5, 5.41) is 5.29. The lowest BCUT2D eigenvalue weighted by molar-refractivity contribution is 0.483. The lowest BCUT2D eigenvalue weighted by Gasteiger charge is -2.44. The second-order valence-electron chi connectivity index (χ2n) is 11.0. The van der Waals surface area contributed by atoms with Gasteiger partial charge in [0.2, 0.25) is 0 Å². The van der Waals surface area contributed by atoms with Crippen LogP contribution in [0.5, 0.6) is 11.5 Å². The number of aromatic nitrogens is 2. The maximum Gasteiger partial charge on any atom is 0.184 e. The monoisotopic (exact) mass is 595 g/mol. The number of pyridine rings is 2. The molecule has 0 fully saturated rings. The van der Waals surface area contributed by atoms with E-state index in [1.165, 1.54) is 20.7 Å². The van der Waals surface area contributed by atoms with Crippen LogP contribution in [0.25, 0.3) is 11.3 Å². The fourth-order valence-electron chi connectivity index (χ4n) is 6.62. The summed E-state index contributed by atoms with van der Waals surface area (Å²) in [5.74, 6) is 2.38. The molecule has 5 aromatic carbocycles. The number of hydrogen-bond acceptors (Lipinski definition) is 4. The molecule has 0 aliphatic carbocycles. The summed E-state index contributed by atoms with van der Waals surface area (Å²) in [4.78, 5) is 11.7. The molecule has 5 heteroatoms. The van der Waals surface area contributed by atoms with Crippen LogP contribution in [-0.2, 0) is 0 Å². The molecule has 0 N–H and O–H groups in total. The van der Waals surface area contributed by atoms with Crippen molar-refractivity contribution in [2.24, 2.45) is 0 Å². The Kier molecular flexibility index (Phi) is 6.78. The second kappa shape index (κ2) is 11.4. The Balaban J connectivity index is 1.36. The van der Waals surface area contributed by atoms with E-state index in [0.29, 0.717) is 0 Å². The summed E-state index contributed by atoms with van der Waals surface area (Å²) in [6, 6.07) is 57.5. The molecule has 0 saturated heterocycles. The second-order valence-corrected chi connectivity index (χ2v) is 14.8. The number of fused-ring (bicyclic) bond motifs is 2. The Labute approximate surface area is 263 Å². The van der Waals surface area contributed by atoms with Gasteiger partial charge in [-0.1, -0.05) is 109 Å². The molecule has 0 unspecified atom stereocenters. The van der Waals surface area contributed by atoms with Gasteiger partial charge in [0.25, 0.3) is 0 Å². The maximum absolute atomic E-state index is 6.60. The smallest absolute Gasteiger partial charge is 0.184 e. The first-order valence-electron chi connectivity index (χ1n) is 15.1. The number of nitrogens with zero attached hydrogens (tertiary/aromatic N) is 3. The highest BCUT2D eigenvalue weighted by molar-refractivity contribution is 7.21. The summed E-state index contributed by atoms with van der Waals surface area (Å²) < 4.78 is 6.60. The lowest BCUT2D eigenvalue weighted by atomic mass is 10.1. The van der Waals surface area contributed by atoms with E-state index in [2.05, 4.69) is 125 Å². The van der Waals surface area contributed by atoms with E-state index >= 15 is 0 Å². The molecule has 0 amide bonds. The topological polar surface area (TPSA) is 38.2 Å². The van der Waals surface area contributed by atoms with Gasteiger partial charge in [0, 0.05) is 29.7 Å². The molecule has 1 aliphatic rings. The van der Waals surface area contributed by atoms with Gasteiger partial charge in [0.1, 0.15) is 17.3 Å². The van der Waals surface area contributed by atoms with Crippen LogP contribution in [0.2, 0.25) is 0 Å². The van der Waals surface area contributed by atoms with Crippen LogP contribution in [0.1, 0.15) is 0 Å². The quantitative estimate of drug-likeness (QED) is 0.192. The van der Waals surface area contributed by atoms with Gasteiger partial charge in [-0.25, -0.2) is 4.98 Å². The maximum atomic E-state index is 6.60. The van der Waals surface area contributed by atoms with E-state index in [0.717, 1.165) is 39.9 Å². The molecular formula is C40H29N3OSi. The molecule has 3 heterocycles. The van der Waals surface area contributed by atoms with Crippen molar-refractivity contribution in [3.8, 4) is 22.8 Å². The van der Waals surface area contributed by atoms with Crippen LogP contribution in [-0.4, -0.2) is 18.0 Å². The van der Waals surface area contributed by atoms with E-state index in [1.54, 1.807) is 0 Å². The largest absolute Gasteiger partial charge is 0.457 e. The van der Waals surface area contributed by atoms with Crippen LogP contribution in [0.15, 0.2) is 176 Å². The van der Waals surface area contributed by atoms with Gasteiger partial charge in [-0.3, -0.25) is 9.88 Å². The van der Waals surface area contributed by atoms with Crippen molar-refractivity contribution in [2.75, 3.05) is 4.90 Å². The number of anilines is 3. The highest BCUT2D eigenvalue weighted by Gasteiger charge is 2.49. The minimum absolute atomic E-state index is 0.758. The van der Waals surface area contributed by atoms with Crippen LogP contribution >= 0.6 is 0 Å². The van der Waals surface area contributed by atoms with Crippen LogP contribution in [0.4, 0.5) is 17.2 Å². The third-order valence-electron chi connectivity index (χ3n) is 8.49. The van der Waals surface area contributed by atoms with Crippen LogP contribution in [0, 0.1) is 0 Å². The van der Waals surface area contributed by atoms with Crippen LogP contribution < -0.4 is 30.4 Å². The van der Waals surface area contributed by atoms with Gasteiger partial charge >= 0.3 is 0 Å². The minimum Gasteiger partial charge on any atom is -0.457 e. The Morgan fingerprint density at radius 2 is 1.11 bits per heavy atom. The highest BCUT2D eigenvalue weighted by Crippen LogP contribution is 2.39. The summed E-state index contributed by atoms with van der Waals surface area (Å²) in [7, 11) is -2.75. The predicted molar refractivity (Wildman–Crippen MR) is 186 cm³/mol. The molecule has 7 aromatic rings. The number of ether oxygens (including phenoxy) is 1. The number of hydrogen-bond donors (Lipinski definition) is 0. The van der Waals surface area contributed by atoms with E-state index < -0.39 is 8.07 Å². The molecule has 0 bridgehead atoms. The third-order valence-corrected chi connectivity index (χ3v) is 13.3. The zero-order chi connectivity index (χ0) is 30.1. The summed E-state index contributed by atoms with van der Waals surface area (Å²) >= 11 is 0. The first-order valence-corrected chi connectivity index (χ1v) is 17.1. The average molecular weight is 596 g/mol. The van der Waals surface area contributed by atoms with Crippen LogP contribution in [0.3, 0.4) is 0 Å². The highest BCUT2D eigenvalue weighted by atomic mass is 28.3. The fourth-order valence-corrected chi connectivity index (χ4v) is 11.7. The molecule has 0 spiro atoms. The molecular weight excluding hydrogens is 567 g/mol. The summed E-state index contributed by atoms with van der Waals surface area (Å²) in [5.41, 5.74) is 4.13. The van der Waals surface area contributed by atoms with Crippen molar-refractivity contribution in [3.05, 3.63) is 176 Å². The molecule has 2 aromatic heterocycles. The Morgan fingerprint density at radius 1 is 0.467 bits per heavy atom. The number of para-hydroxylation sites is 1. The molecule has 4 nitrogen and oxygen atoms in total. The molecule has 0 radical (unpaired) electrons. The van der Waals surface area contributed by atoms with Gasteiger partial charge in [-0.2, -0.15) is 0 Å². The third kappa shape index (κ3) is 4.62. The zero-order valence-corrected chi connectivity index (χ0v) is 25.5. The van der Waals surface area contributed by atoms with Crippen molar-refractivity contribution in [1.82, 2.24) is 9.97 Å². The number of rotatable bonds is 6. The van der Waals surface area contributed by atoms with Crippen molar-refractivity contribution in [1.29, 1.82) is 0 Å². The van der Waals surface area contributed by atoms with E-state index in [1.807, 2.05) is 60.9 Å². The molecule has 214 valence electrons. The number of benzene rings is 5. The molecule has 1 aliphatic heterocycles. The van der Waals surface area contributed by atoms with Gasteiger partial charge in [0.05, 0.1) is 11.4 Å². The molecule has 0 saturated carbocycles. The SMILES string of the molecule is c1ccc([Si]2(c3ccccc3)c3ccccc3N(c3ccccn3)c3cc(Oc4cccc(-c5ccccn5)c4)ccc32)cc1. The van der Waals surface area contributed by atoms with Crippen molar-refractivity contribution >= 4 is 46.0 Å². The van der Waals surface area contributed by atoms with Crippen molar-refractivity contribution in [3.63, 3.8) is 0 Å². The van der Waals surface area contributed by atoms with Crippen molar-refractivity contribution < 1.29 is 4.74 Å². The standard InChI is InChI=1S/C40H29N3OSi/c1-3-16-33(17-4-1)45(34-18-5-2-6-19-34)38-22-8-7-21-36(38)43(40-23-10-12-27-42-40)37-29-32(24-25-39(37)45)44-31-15-13-14-30(28-31)35-20-9-11-26-41-35/h1-29H. The van der Waals surface area contributed by atoms with Gasteiger partial charge in [-0.05, 0) is 69.3 Å². The normalized spacial score (nSPS) is 13.0. The molecule has 45 heavy (non-hydrogen) atoms. The first-order chi connectivity index (χ1) is 22.3. The predicted octanol–water partition coefficient (Wildman–Crippen LogP) is 7.10. The van der Waals surface area contributed by atoms with Gasteiger partial charge in [0.15, 0.2) is 8.07 Å². The van der Waals surface area contributed by atoms with E-state index in [9.17, 15) is 0 Å². The fraction of sp³-hybridized carbons (Fsp3) is 0. The Hall–Kier alpha value is -5.78. The molecule has 8 rings (SSSR count). The average Bonchev–Trinajstić information content (AvgIpc) is 3.12. The Morgan fingerprint density at radius 3 is 1.82 bits per heavy atom. The lowest BCUT2D eigenvalue weighted by Crippen LogP contribution is -2.77. The van der Waals surface area contributed by atoms with Gasteiger partial charge in [-0.15, -0.1) is 0 Å². The first kappa shape index (κ1) is 26.8. The Bertz CT molecular complexity index is 2050. The molecule has 0 atom stereocenters. The van der Waals surface area contributed by atoms with E-state index in [-0.39, 0.29) is 0 Å². The summed E-state index contributed by atoms with van der Waals surface area (Å²) in [6.07, 6.45) is 3.67. The minimum atomic E-state index is -2.75. The zero-order valence-electron chi connectivity index (χ0n) is 24.5. The van der Waals surface area contributed by atoms with E-state index in [4.69, 9.17) is 9.72 Å². The van der Waals surface area contributed by atoms with Gasteiger partial charge < -0.3 is 4.74 Å². The summed E-state index contributed by atoms with van der Waals surface area (Å²) in [6.45, 7) is 0. The van der Waals surface area contributed by atoms with Crippen molar-refractivity contribution in [2.45, 2.75) is 0 Å².